The molecule has 1 heterocycles. The fraction of sp³-hybridized carbons (Fsp3) is 0.929. The lowest BCUT2D eigenvalue weighted by Crippen LogP contribution is -2.57. The summed E-state index contributed by atoms with van der Waals surface area (Å²) in [5.41, 5.74) is -0.660. The Kier molecular flexibility index (Phi) is 4.82. The summed E-state index contributed by atoms with van der Waals surface area (Å²) in [5, 5.41) is 3.26. The van der Waals surface area contributed by atoms with Crippen molar-refractivity contribution in [2.75, 3.05) is 13.1 Å². The average Bonchev–Trinajstić information content (AvgIpc) is 2.16. The maximum Gasteiger partial charge on any atom is 0.410 e. The zero-order valence-corrected chi connectivity index (χ0v) is 12.9. The van der Waals surface area contributed by atoms with Crippen molar-refractivity contribution in [2.45, 2.75) is 71.3 Å². The Bertz CT molecular complexity index is 320. The van der Waals surface area contributed by atoms with E-state index in [0.717, 1.165) is 0 Å². The molecule has 0 bridgehead atoms. The van der Waals surface area contributed by atoms with E-state index in [1.807, 2.05) is 41.5 Å². The van der Waals surface area contributed by atoms with E-state index >= 15 is 0 Å². The lowest BCUT2D eigenvalue weighted by Gasteiger charge is -2.38. The summed E-state index contributed by atoms with van der Waals surface area (Å²) in [6.45, 7) is 12.1. The van der Waals surface area contributed by atoms with Gasteiger partial charge in [0.15, 0.2) is 0 Å². The number of carbonyl (C=O) groups is 1. The lowest BCUT2D eigenvalue weighted by atomic mass is 9.99. The zero-order valence-electron chi connectivity index (χ0n) is 12.9. The quantitative estimate of drug-likeness (QED) is 0.799. The molecule has 0 aromatic rings. The van der Waals surface area contributed by atoms with E-state index < -0.39 is 17.9 Å². The van der Waals surface area contributed by atoms with Gasteiger partial charge < -0.3 is 15.0 Å². The van der Waals surface area contributed by atoms with Crippen LogP contribution in [0.15, 0.2) is 0 Å². The zero-order chi connectivity index (χ0) is 14.8. The third-order valence-electron chi connectivity index (χ3n) is 2.81. The van der Waals surface area contributed by atoms with Gasteiger partial charge in [-0.1, -0.05) is 0 Å². The van der Waals surface area contributed by atoms with Crippen molar-refractivity contribution in [3.63, 3.8) is 0 Å². The van der Waals surface area contributed by atoms with Gasteiger partial charge in [0.25, 0.3) is 0 Å². The topological polar surface area (TPSA) is 41.6 Å². The average molecular weight is 274 g/mol. The Balaban J connectivity index is 2.52. The van der Waals surface area contributed by atoms with Gasteiger partial charge in [0.2, 0.25) is 0 Å². The third kappa shape index (κ3) is 5.76. The number of amides is 1. The Morgan fingerprint density at radius 1 is 1.26 bits per heavy atom. The summed E-state index contributed by atoms with van der Waals surface area (Å²) in [6.07, 6.45) is -0.873. The van der Waals surface area contributed by atoms with Gasteiger partial charge in [-0.25, -0.2) is 9.18 Å². The molecule has 1 N–H and O–H groups in total. The highest BCUT2D eigenvalue weighted by Crippen LogP contribution is 2.19. The van der Waals surface area contributed by atoms with Crippen LogP contribution < -0.4 is 5.32 Å². The molecule has 1 aliphatic rings. The van der Waals surface area contributed by atoms with Crippen LogP contribution >= 0.6 is 0 Å². The first-order chi connectivity index (χ1) is 8.48. The Hall–Kier alpha value is -0.840. The van der Waals surface area contributed by atoms with Crippen molar-refractivity contribution in [1.82, 2.24) is 10.2 Å². The first-order valence-electron chi connectivity index (χ1n) is 6.88. The number of nitrogens with zero attached hydrogens (tertiary/aromatic N) is 1. The monoisotopic (exact) mass is 274 g/mol. The van der Waals surface area contributed by atoms with Crippen molar-refractivity contribution < 1.29 is 13.9 Å². The molecule has 1 rings (SSSR count). The predicted octanol–water partition coefficient (Wildman–Crippen LogP) is 2.72. The molecule has 1 fully saturated rings. The van der Waals surface area contributed by atoms with Crippen LogP contribution in [0.3, 0.4) is 0 Å². The van der Waals surface area contributed by atoms with Crippen LogP contribution in [-0.2, 0) is 4.74 Å². The van der Waals surface area contributed by atoms with Gasteiger partial charge in [0.05, 0.1) is 6.54 Å². The fourth-order valence-corrected chi connectivity index (χ4v) is 2.12. The van der Waals surface area contributed by atoms with E-state index in [-0.39, 0.29) is 18.1 Å². The second-order valence-electron chi connectivity index (χ2n) is 7.23. The maximum atomic E-state index is 14.1. The smallest absolute Gasteiger partial charge is 0.410 e. The highest BCUT2D eigenvalue weighted by molar-refractivity contribution is 5.68. The fourth-order valence-electron chi connectivity index (χ4n) is 2.12. The van der Waals surface area contributed by atoms with Gasteiger partial charge in [0, 0.05) is 18.1 Å². The first kappa shape index (κ1) is 16.2. The molecule has 0 aliphatic carbocycles. The van der Waals surface area contributed by atoms with Crippen LogP contribution in [0.1, 0.15) is 48.0 Å². The molecular formula is C14H27FN2O2. The van der Waals surface area contributed by atoms with E-state index in [0.29, 0.717) is 13.0 Å². The van der Waals surface area contributed by atoms with Crippen molar-refractivity contribution in [2.24, 2.45) is 0 Å². The molecule has 0 radical (unpaired) electrons. The minimum atomic E-state index is -1.06. The van der Waals surface area contributed by atoms with Crippen LogP contribution in [0, 0.1) is 0 Å². The van der Waals surface area contributed by atoms with Crippen LogP contribution in [-0.4, -0.2) is 47.4 Å². The molecular weight excluding hydrogens is 247 g/mol. The largest absolute Gasteiger partial charge is 0.444 e. The number of ether oxygens (including phenoxy) is 1. The number of carbonyl (C=O) groups excluding carboxylic acids is 1. The van der Waals surface area contributed by atoms with Crippen molar-refractivity contribution >= 4 is 6.09 Å². The molecule has 19 heavy (non-hydrogen) atoms. The summed E-state index contributed by atoms with van der Waals surface area (Å²) in [4.78, 5) is 13.3. The molecule has 1 amide bonds. The van der Waals surface area contributed by atoms with Gasteiger partial charge in [-0.05, 0) is 48.0 Å². The molecule has 5 heteroatoms. The second kappa shape index (κ2) is 5.65. The highest BCUT2D eigenvalue weighted by atomic mass is 19.1. The SMILES string of the molecule is CC(C)(C)N[C@@H]1CCN(C(=O)OC(C)(C)C)C[C@@H]1F. The molecule has 1 saturated heterocycles. The minimum absolute atomic E-state index is 0.0999. The molecule has 1 aliphatic heterocycles. The van der Waals surface area contributed by atoms with Crippen LogP contribution in [0.4, 0.5) is 9.18 Å². The van der Waals surface area contributed by atoms with Crippen molar-refractivity contribution in [1.29, 1.82) is 0 Å². The number of nitrogens with one attached hydrogen (secondary N) is 1. The highest BCUT2D eigenvalue weighted by Gasteiger charge is 2.34. The predicted molar refractivity (Wildman–Crippen MR) is 74.0 cm³/mol. The lowest BCUT2D eigenvalue weighted by molar-refractivity contribution is 0.00799. The molecule has 112 valence electrons. The molecule has 2 atom stereocenters. The molecule has 0 aromatic carbocycles. The number of hydrogen-bond donors (Lipinski definition) is 1. The van der Waals surface area contributed by atoms with E-state index in [4.69, 9.17) is 4.74 Å². The third-order valence-corrected chi connectivity index (χ3v) is 2.81. The number of likely N-dealkylation sites (tertiary alicyclic amines) is 1. The van der Waals surface area contributed by atoms with Gasteiger partial charge in [-0.15, -0.1) is 0 Å². The van der Waals surface area contributed by atoms with E-state index in [1.165, 1.54) is 4.90 Å². The minimum Gasteiger partial charge on any atom is -0.444 e. The Morgan fingerprint density at radius 2 is 1.84 bits per heavy atom. The summed E-state index contributed by atoms with van der Waals surface area (Å²) in [7, 11) is 0. The summed E-state index contributed by atoms with van der Waals surface area (Å²) < 4.78 is 19.4. The summed E-state index contributed by atoms with van der Waals surface area (Å²) in [6, 6.07) is -0.196. The van der Waals surface area contributed by atoms with Crippen molar-refractivity contribution in [3.05, 3.63) is 0 Å². The van der Waals surface area contributed by atoms with Gasteiger partial charge in [-0.3, -0.25) is 0 Å². The standard InChI is InChI=1S/C14H27FN2O2/c1-13(2,3)16-11-7-8-17(9-10(11)15)12(18)19-14(4,5)6/h10-11,16H,7-9H2,1-6H3/t10-,11+/m0/s1. The number of hydrogen-bond acceptors (Lipinski definition) is 3. The maximum absolute atomic E-state index is 14.1. The van der Waals surface area contributed by atoms with Gasteiger partial charge >= 0.3 is 6.09 Å². The Morgan fingerprint density at radius 3 is 2.26 bits per heavy atom. The summed E-state index contributed by atoms with van der Waals surface area (Å²) >= 11 is 0. The van der Waals surface area contributed by atoms with E-state index in [2.05, 4.69) is 5.32 Å². The van der Waals surface area contributed by atoms with E-state index in [9.17, 15) is 9.18 Å². The Labute approximate surface area is 115 Å². The molecule has 4 nitrogen and oxygen atoms in total. The second-order valence-corrected chi connectivity index (χ2v) is 7.23. The molecule has 0 aromatic heterocycles. The van der Waals surface area contributed by atoms with Crippen LogP contribution in [0.25, 0.3) is 0 Å². The first-order valence-corrected chi connectivity index (χ1v) is 6.88. The van der Waals surface area contributed by atoms with Crippen LogP contribution in [0.2, 0.25) is 0 Å². The normalized spacial score (nSPS) is 25.3. The van der Waals surface area contributed by atoms with Gasteiger partial charge in [0.1, 0.15) is 11.8 Å². The van der Waals surface area contributed by atoms with Crippen molar-refractivity contribution in [3.8, 4) is 0 Å². The summed E-state index contributed by atoms with van der Waals surface area (Å²) in [5.74, 6) is 0. The number of halogens is 1. The molecule has 0 spiro atoms. The number of rotatable bonds is 1. The van der Waals surface area contributed by atoms with Crippen LogP contribution in [0.5, 0.6) is 0 Å². The molecule has 0 saturated carbocycles. The number of piperidine rings is 1. The molecule has 0 unspecified atom stereocenters. The van der Waals surface area contributed by atoms with Gasteiger partial charge in [-0.2, -0.15) is 0 Å². The number of alkyl halides is 1. The van der Waals surface area contributed by atoms with E-state index in [1.54, 1.807) is 0 Å².